The van der Waals surface area contributed by atoms with Gasteiger partial charge < -0.3 is 19.7 Å². The van der Waals surface area contributed by atoms with Crippen LogP contribution in [0.2, 0.25) is 0 Å². The summed E-state index contributed by atoms with van der Waals surface area (Å²) in [4.78, 5) is 2.49. The van der Waals surface area contributed by atoms with Gasteiger partial charge in [-0.15, -0.1) is 0 Å². The van der Waals surface area contributed by atoms with Crippen molar-refractivity contribution in [1.29, 1.82) is 0 Å². The molecule has 0 radical (unpaired) electrons. The second-order valence-corrected chi connectivity index (χ2v) is 5.75. The third-order valence-electron chi connectivity index (χ3n) is 4.39. The molecule has 21 heavy (non-hydrogen) atoms. The van der Waals surface area contributed by atoms with Crippen molar-refractivity contribution in [3.05, 3.63) is 23.8 Å². The Morgan fingerprint density at radius 2 is 1.95 bits per heavy atom. The maximum atomic E-state index is 5.45. The number of rotatable bonds is 8. The number of hydrogen-bond donors (Lipinski definition) is 1. The van der Waals surface area contributed by atoms with Crippen molar-refractivity contribution < 1.29 is 9.47 Å². The highest BCUT2D eigenvalue weighted by Gasteiger charge is 2.18. The zero-order valence-corrected chi connectivity index (χ0v) is 13.5. The van der Waals surface area contributed by atoms with Gasteiger partial charge in [-0.2, -0.15) is 0 Å². The molecular formula is C17H28N2O2. The van der Waals surface area contributed by atoms with Gasteiger partial charge in [0.1, 0.15) is 0 Å². The molecule has 118 valence electrons. The normalized spacial score (nSPS) is 15.6. The first kappa shape index (κ1) is 16.1. The van der Waals surface area contributed by atoms with Crippen molar-refractivity contribution in [3.8, 4) is 11.5 Å². The Kier molecular flexibility index (Phi) is 6.33. The number of methoxy groups -OCH3 is 2. The molecular weight excluding hydrogens is 264 g/mol. The van der Waals surface area contributed by atoms with E-state index in [2.05, 4.69) is 23.3 Å². The summed E-state index contributed by atoms with van der Waals surface area (Å²) in [7, 11) is 5.60. The molecule has 4 nitrogen and oxygen atoms in total. The monoisotopic (exact) mass is 292 g/mol. The topological polar surface area (TPSA) is 33.7 Å². The van der Waals surface area contributed by atoms with Gasteiger partial charge in [0.05, 0.1) is 14.2 Å². The smallest absolute Gasteiger partial charge is 0.165 e. The molecule has 1 N–H and O–H groups in total. The van der Waals surface area contributed by atoms with E-state index in [9.17, 15) is 0 Å². The summed E-state index contributed by atoms with van der Waals surface area (Å²) in [6.45, 7) is 2.89. The molecule has 0 aromatic heterocycles. The van der Waals surface area contributed by atoms with E-state index in [-0.39, 0.29) is 0 Å². The molecule has 1 fully saturated rings. The zero-order chi connectivity index (χ0) is 15.1. The first-order chi connectivity index (χ1) is 10.3. The maximum Gasteiger partial charge on any atom is 0.165 e. The molecule has 1 aliphatic rings. The molecule has 1 aliphatic carbocycles. The Morgan fingerprint density at radius 3 is 2.62 bits per heavy atom. The van der Waals surface area contributed by atoms with Crippen molar-refractivity contribution in [3.63, 3.8) is 0 Å². The second-order valence-electron chi connectivity index (χ2n) is 5.75. The van der Waals surface area contributed by atoms with Crippen LogP contribution < -0.4 is 14.8 Å². The SMILES string of the molecule is COc1cccc(CNCCN(C)C2CCCC2)c1OC. The largest absolute Gasteiger partial charge is 0.493 e. The fourth-order valence-corrected chi connectivity index (χ4v) is 3.10. The molecule has 0 aliphatic heterocycles. The molecule has 2 rings (SSSR count). The van der Waals surface area contributed by atoms with Gasteiger partial charge in [0.15, 0.2) is 11.5 Å². The summed E-state index contributed by atoms with van der Waals surface area (Å²) in [5.74, 6) is 1.62. The third kappa shape index (κ3) is 4.35. The summed E-state index contributed by atoms with van der Waals surface area (Å²) in [5, 5.41) is 3.50. The van der Waals surface area contributed by atoms with Crippen LogP contribution in [0.1, 0.15) is 31.2 Å². The highest BCUT2D eigenvalue weighted by atomic mass is 16.5. The van der Waals surface area contributed by atoms with Crippen LogP contribution in [0.15, 0.2) is 18.2 Å². The summed E-state index contributed by atoms with van der Waals surface area (Å²) in [6.07, 6.45) is 5.51. The quantitative estimate of drug-likeness (QED) is 0.747. The number of nitrogens with one attached hydrogen (secondary N) is 1. The van der Waals surface area contributed by atoms with Gasteiger partial charge in [-0.05, 0) is 26.0 Å². The van der Waals surface area contributed by atoms with Crippen LogP contribution in [0.3, 0.4) is 0 Å². The highest BCUT2D eigenvalue weighted by Crippen LogP contribution is 2.30. The van der Waals surface area contributed by atoms with Crippen LogP contribution in [-0.4, -0.2) is 45.3 Å². The predicted octanol–water partition coefficient (Wildman–Crippen LogP) is 2.67. The van der Waals surface area contributed by atoms with Crippen molar-refractivity contribution in [2.75, 3.05) is 34.4 Å². The Morgan fingerprint density at radius 1 is 1.19 bits per heavy atom. The molecule has 0 atom stereocenters. The zero-order valence-electron chi connectivity index (χ0n) is 13.5. The van der Waals surface area contributed by atoms with Crippen molar-refractivity contribution in [1.82, 2.24) is 10.2 Å². The molecule has 0 bridgehead atoms. The van der Waals surface area contributed by atoms with E-state index < -0.39 is 0 Å². The number of likely N-dealkylation sites (N-methyl/N-ethyl adjacent to an activating group) is 1. The van der Waals surface area contributed by atoms with E-state index in [0.717, 1.165) is 42.7 Å². The third-order valence-corrected chi connectivity index (χ3v) is 4.39. The van der Waals surface area contributed by atoms with Crippen molar-refractivity contribution in [2.45, 2.75) is 38.3 Å². The molecule has 0 heterocycles. The minimum atomic E-state index is 0.790. The molecule has 4 heteroatoms. The average molecular weight is 292 g/mol. The summed E-state index contributed by atoms with van der Waals surface area (Å²) < 4.78 is 10.8. The lowest BCUT2D eigenvalue weighted by atomic mass is 10.2. The number of hydrogen-bond acceptors (Lipinski definition) is 4. The Labute approximate surface area is 128 Å². The lowest BCUT2D eigenvalue weighted by Gasteiger charge is -2.24. The second kappa shape index (κ2) is 8.25. The van der Waals surface area contributed by atoms with Gasteiger partial charge in [0, 0.05) is 31.2 Å². The fraction of sp³-hybridized carbons (Fsp3) is 0.647. The Hall–Kier alpha value is -1.26. The first-order valence-corrected chi connectivity index (χ1v) is 7.87. The molecule has 1 saturated carbocycles. The summed E-state index contributed by atoms with van der Waals surface area (Å²) in [6, 6.07) is 6.80. The first-order valence-electron chi connectivity index (χ1n) is 7.87. The highest BCUT2D eigenvalue weighted by molar-refractivity contribution is 5.46. The van der Waals surface area contributed by atoms with E-state index >= 15 is 0 Å². The molecule has 0 spiro atoms. The molecule has 1 aromatic rings. The van der Waals surface area contributed by atoms with Crippen molar-refractivity contribution in [2.24, 2.45) is 0 Å². The van der Waals surface area contributed by atoms with E-state index in [1.807, 2.05) is 12.1 Å². The summed E-state index contributed by atoms with van der Waals surface area (Å²) >= 11 is 0. The van der Waals surface area contributed by atoms with Crippen LogP contribution in [-0.2, 0) is 6.54 Å². The van der Waals surface area contributed by atoms with Crippen LogP contribution in [0.25, 0.3) is 0 Å². The van der Waals surface area contributed by atoms with Gasteiger partial charge in [0.25, 0.3) is 0 Å². The lowest BCUT2D eigenvalue weighted by molar-refractivity contribution is 0.245. The number of benzene rings is 1. The van der Waals surface area contributed by atoms with E-state index in [4.69, 9.17) is 9.47 Å². The Bertz CT molecular complexity index is 431. The minimum Gasteiger partial charge on any atom is -0.493 e. The van der Waals surface area contributed by atoms with Crippen LogP contribution in [0, 0.1) is 0 Å². The van der Waals surface area contributed by atoms with Gasteiger partial charge in [-0.25, -0.2) is 0 Å². The molecule has 1 aromatic carbocycles. The minimum absolute atomic E-state index is 0.790. The number of para-hydroxylation sites is 1. The van der Waals surface area contributed by atoms with Gasteiger partial charge in [0.2, 0.25) is 0 Å². The average Bonchev–Trinajstić information content (AvgIpc) is 3.05. The lowest BCUT2D eigenvalue weighted by Crippen LogP contribution is -2.35. The Balaban J connectivity index is 1.78. The van der Waals surface area contributed by atoms with E-state index in [0.29, 0.717) is 0 Å². The molecule has 0 amide bonds. The number of ether oxygens (including phenoxy) is 2. The van der Waals surface area contributed by atoms with E-state index in [1.54, 1.807) is 14.2 Å². The maximum absolute atomic E-state index is 5.45. The number of nitrogens with zero attached hydrogens (tertiary/aromatic N) is 1. The van der Waals surface area contributed by atoms with E-state index in [1.165, 1.54) is 25.7 Å². The van der Waals surface area contributed by atoms with Gasteiger partial charge in [-0.1, -0.05) is 25.0 Å². The standard InChI is InChI=1S/C17H28N2O2/c1-19(15-8-4-5-9-15)12-11-18-13-14-7-6-10-16(20-2)17(14)21-3/h6-7,10,15,18H,4-5,8-9,11-13H2,1-3H3. The van der Waals surface area contributed by atoms with Crippen LogP contribution >= 0.6 is 0 Å². The van der Waals surface area contributed by atoms with Crippen LogP contribution in [0.4, 0.5) is 0 Å². The summed E-state index contributed by atoms with van der Waals surface area (Å²) in [5.41, 5.74) is 1.14. The molecule has 0 unspecified atom stereocenters. The fourth-order valence-electron chi connectivity index (χ4n) is 3.10. The van der Waals surface area contributed by atoms with Crippen molar-refractivity contribution >= 4 is 0 Å². The molecule has 0 saturated heterocycles. The van der Waals surface area contributed by atoms with Crippen LogP contribution in [0.5, 0.6) is 11.5 Å². The van der Waals surface area contributed by atoms with Gasteiger partial charge >= 0.3 is 0 Å². The predicted molar refractivity (Wildman–Crippen MR) is 86.1 cm³/mol. The van der Waals surface area contributed by atoms with Gasteiger partial charge in [-0.3, -0.25) is 0 Å².